The molecular weight excluding hydrogens is 164 g/mol. The van der Waals surface area contributed by atoms with Gasteiger partial charge in [-0.1, -0.05) is 0 Å². The largest absolute Gasteiger partial charge is 0.259 e. The molecule has 3 aliphatic rings. The first-order chi connectivity index (χ1) is 4.73. The Morgan fingerprint density at radius 1 is 1.70 bits per heavy atom. The zero-order valence-electron chi connectivity index (χ0n) is 5.87. The highest BCUT2D eigenvalue weighted by Gasteiger charge is 2.71. The van der Waals surface area contributed by atoms with Crippen LogP contribution in [0.2, 0.25) is 0 Å². The molecule has 0 radical (unpaired) electrons. The van der Waals surface area contributed by atoms with Gasteiger partial charge in [0.25, 0.3) is 0 Å². The summed E-state index contributed by atoms with van der Waals surface area (Å²) in [7, 11) is -0.449. The van der Waals surface area contributed by atoms with Crippen molar-refractivity contribution in [3.63, 3.8) is 0 Å². The van der Waals surface area contributed by atoms with Gasteiger partial charge in [-0.2, -0.15) is 11.8 Å². The molecule has 0 amide bonds. The molecular formula is C7H10OS2. The first-order valence-electron chi connectivity index (χ1n) is 3.80. The second kappa shape index (κ2) is 1.48. The molecule has 0 aromatic carbocycles. The Balaban J connectivity index is 1.98. The van der Waals surface area contributed by atoms with Crippen molar-refractivity contribution in [3.8, 4) is 0 Å². The van der Waals surface area contributed by atoms with Gasteiger partial charge in [0.2, 0.25) is 0 Å². The van der Waals surface area contributed by atoms with Gasteiger partial charge >= 0.3 is 0 Å². The number of hydrogen-bond acceptors (Lipinski definition) is 2. The minimum Gasteiger partial charge on any atom is -0.259 e. The minimum atomic E-state index is -0.449. The zero-order valence-corrected chi connectivity index (χ0v) is 7.50. The van der Waals surface area contributed by atoms with Gasteiger partial charge in [0.15, 0.2) is 0 Å². The van der Waals surface area contributed by atoms with Crippen LogP contribution in [0, 0.1) is 0 Å². The highest BCUT2D eigenvalue weighted by Crippen LogP contribution is 2.65. The monoisotopic (exact) mass is 174 g/mol. The van der Waals surface area contributed by atoms with Crippen LogP contribution >= 0.6 is 11.8 Å². The van der Waals surface area contributed by atoms with E-state index < -0.39 is 10.8 Å². The molecule has 0 aromatic rings. The summed E-state index contributed by atoms with van der Waals surface area (Å²) in [4.78, 5) is 0. The second-order valence-electron chi connectivity index (χ2n) is 3.71. The predicted octanol–water partition coefficient (Wildman–Crippen LogP) is 1.15. The van der Waals surface area contributed by atoms with Gasteiger partial charge in [0.1, 0.15) is 0 Å². The van der Waals surface area contributed by atoms with Crippen molar-refractivity contribution < 1.29 is 4.21 Å². The molecule has 1 saturated carbocycles. The van der Waals surface area contributed by atoms with Crippen molar-refractivity contribution in [1.29, 1.82) is 0 Å². The molecule has 1 aliphatic carbocycles. The molecule has 10 heavy (non-hydrogen) atoms. The maximum Gasteiger partial charge on any atom is 0.0652 e. The van der Waals surface area contributed by atoms with Crippen LogP contribution in [0.4, 0.5) is 0 Å². The Labute approximate surface area is 67.4 Å². The zero-order chi connectivity index (χ0) is 6.93. The lowest BCUT2D eigenvalue weighted by Gasteiger charge is -2.09. The van der Waals surface area contributed by atoms with E-state index in [9.17, 15) is 4.21 Å². The minimum absolute atomic E-state index is 0.269. The number of thioether (sulfide) groups is 1. The van der Waals surface area contributed by atoms with Crippen molar-refractivity contribution in [3.05, 3.63) is 0 Å². The normalized spacial score (nSPS) is 70.1. The van der Waals surface area contributed by atoms with Gasteiger partial charge in [-0.3, -0.25) is 4.21 Å². The maximum absolute atomic E-state index is 11.4. The molecule has 56 valence electrons. The van der Waals surface area contributed by atoms with Crippen LogP contribution < -0.4 is 0 Å². The maximum atomic E-state index is 11.4. The average Bonchev–Trinajstić information content (AvgIpc) is 2.71. The van der Waals surface area contributed by atoms with Crippen molar-refractivity contribution in [2.45, 2.75) is 40.3 Å². The van der Waals surface area contributed by atoms with E-state index in [2.05, 4.69) is 18.7 Å². The lowest BCUT2D eigenvalue weighted by molar-refractivity contribution is 0.540. The van der Waals surface area contributed by atoms with E-state index in [1.165, 1.54) is 12.8 Å². The molecule has 2 saturated heterocycles. The van der Waals surface area contributed by atoms with E-state index in [1.54, 1.807) is 0 Å². The van der Waals surface area contributed by atoms with E-state index in [0.717, 1.165) is 10.5 Å². The first kappa shape index (κ1) is 6.06. The van der Waals surface area contributed by atoms with E-state index in [-0.39, 0.29) is 4.75 Å². The summed E-state index contributed by atoms with van der Waals surface area (Å²) in [5.74, 6) is 0. The molecule has 5 unspecified atom stereocenters. The van der Waals surface area contributed by atoms with Gasteiger partial charge in [-0.05, 0) is 19.8 Å². The number of rotatable bonds is 0. The topological polar surface area (TPSA) is 17.1 Å². The van der Waals surface area contributed by atoms with Crippen LogP contribution in [0.3, 0.4) is 0 Å². The molecule has 2 aliphatic heterocycles. The molecule has 0 N–H and O–H groups in total. The fourth-order valence-corrected chi connectivity index (χ4v) is 6.07. The molecule has 5 atom stereocenters. The van der Waals surface area contributed by atoms with Gasteiger partial charge in [-0.15, -0.1) is 0 Å². The summed E-state index contributed by atoms with van der Waals surface area (Å²) in [6, 6.07) is 0. The van der Waals surface area contributed by atoms with Crippen LogP contribution in [0.15, 0.2) is 0 Å². The lowest BCUT2D eigenvalue weighted by atomic mass is 9.91. The van der Waals surface area contributed by atoms with E-state index in [1.807, 2.05) is 0 Å². The van der Waals surface area contributed by atoms with Crippen LogP contribution in [0.1, 0.15) is 19.8 Å². The fraction of sp³-hybridized carbons (Fsp3) is 1.00. The smallest absolute Gasteiger partial charge is 0.0652 e. The first-order valence-corrected chi connectivity index (χ1v) is 5.95. The molecule has 0 spiro atoms. The Kier molecular flexibility index (Phi) is 0.901. The summed E-state index contributed by atoms with van der Waals surface area (Å²) in [5.41, 5.74) is 0. The Bertz CT molecular complexity index is 228. The molecule has 1 nitrogen and oxygen atoms in total. The number of hydrogen-bond donors (Lipinski definition) is 0. The third kappa shape index (κ3) is 0.514. The lowest BCUT2D eigenvalue weighted by Crippen LogP contribution is -2.21. The van der Waals surface area contributed by atoms with E-state index >= 15 is 0 Å². The van der Waals surface area contributed by atoms with Gasteiger partial charge in [0, 0.05) is 21.3 Å². The molecule has 0 aromatic heterocycles. The fourth-order valence-electron chi connectivity index (χ4n) is 2.18. The van der Waals surface area contributed by atoms with Crippen LogP contribution in [-0.4, -0.2) is 24.7 Å². The van der Waals surface area contributed by atoms with Crippen molar-refractivity contribution in [1.82, 2.24) is 0 Å². The van der Waals surface area contributed by atoms with Crippen LogP contribution in [-0.2, 0) is 10.8 Å². The van der Waals surface area contributed by atoms with Gasteiger partial charge in [-0.25, -0.2) is 0 Å². The second-order valence-corrected chi connectivity index (χ2v) is 7.17. The standard InChI is InChI=1S/C7H10OS2/c1-7-3-2-4-5(9-4)6(7)10(7)8/h4-6H,2-3H2,1H3. The third-order valence-corrected chi connectivity index (χ3v) is 7.13. The van der Waals surface area contributed by atoms with Gasteiger partial charge in [0.05, 0.1) is 10.00 Å². The highest BCUT2D eigenvalue weighted by molar-refractivity contribution is 8.09. The summed E-state index contributed by atoms with van der Waals surface area (Å²) in [5, 5.41) is 2.31. The van der Waals surface area contributed by atoms with Crippen molar-refractivity contribution in [2.75, 3.05) is 0 Å². The average molecular weight is 174 g/mol. The van der Waals surface area contributed by atoms with Crippen molar-refractivity contribution in [2.24, 2.45) is 0 Å². The summed E-state index contributed by atoms with van der Waals surface area (Å²) >= 11 is 2.06. The molecule has 3 heteroatoms. The SMILES string of the molecule is CC12CCC3SC3C1S2=O. The van der Waals surface area contributed by atoms with Gasteiger partial charge < -0.3 is 0 Å². The molecule has 0 bridgehead atoms. The Morgan fingerprint density at radius 2 is 2.50 bits per heavy atom. The van der Waals surface area contributed by atoms with Crippen LogP contribution in [0.25, 0.3) is 0 Å². The molecule has 3 fully saturated rings. The molecule has 2 heterocycles. The Morgan fingerprint density at radius 3 is 3.20 bits per heavy atom. The summed E-state index contributed by atoms with van der Waals surface area (Å²) in [6.45, 7) is 2.20. The molecule has 3 rings (SSSR count). The summed E-state index contributed by atoms with van der Waals surface area (Å²) in [6.07, 6.45) is 2.55. The van der Waals surface area contributed by atoms with Crippen molar-refractivity contribution >= 4 is 22.6 Å². The number of fused-ring (bicyclic) bond motifs is 3. The quantitative estimate of drug-likeness (QED) is 0.513. The Hall–Kier alpha value is 0.500. The summed E-state index contributed by atoms with van der Waals surface area (Å²) < 4.78 is 11.6. The van der Waals surface area contributed by atoms with Crippen LogP contribution in [0.5, 0.6) is 0 Å². The predicted molar refractivity (Wildman–Crippen MR) is 44.7 cm³/mol. The third-order valence-electron chi connectivity index (χ3n) is 3.08. The van der Waals surface area contributed by atoms with E-state index in [4.69, 9.17) is 0 Å². The highest BCUT2D eigenvalue weighted by atomic mass is 32.2. The van der Waals surface area contributed by atoms with E-state index in [0.29, 0.717) is 5.25 Å².